The van der Waals surface area contributed by atoms with Gasteiger partial charge >= 0.3 is 0 Å². The van der Waals surface area contributed by atoms with Crippen LogP contribution in [0.2, 0.25) is 0 Å². The number of benzene rings is 1. The van der Waals surface area contributed by atoms with E-state index >= 15 is 0 Å². The van der Waals surface area contributed by atoms with Crippen LogP contribution in [0.5, 0.6) is 11.5 Å². The summed E-state index contributed by atoms with van der Waals surface area (Å²) in [5.41, 5.74) is 0. The second-order valence-electron chi connectivity index (χ2n) is 6.82. The summed E-state index contributed by atoms with van der Waals surface area (Å²) in [6.07, 6.45) is 7.92. The number of hydrogen-bond acceptors (Lipinski definition) is 2. The van der Waals surface area contributed by atoms with Crippen molar-refractivity contribution in [3.05, 3.63) is 24.3 Å². The minimum atomic E-state index is 0.679. The first kappa shape index (κ1) is 18.1. The molecule has 23 heavy (non-hydrogen) atoms. The smallest absolute Gasteiger partial charge is 0.161 e. The standard InChI is InChI=1S/C20H33NO2/c1-3-22-19-10-6-7-11-20(19)23-17-9-5-4-8-14-21-15-12-18(2)13-16-21/h6-7,10-11,18H,3-5,8-9,12-17H2,1-2H3/p+1. The fourth-order valence-electron chi connectivity index (χ4n) is 3.28. The van der Waals surface area contributed by atoms with E-state index in [0.29, 0.717) is 6.61 Å². The zero-order chi connectivity index (χ0) is 16.3. The highest BCUT2D eigenvalue weighted by Crippen LogP contribution is 2.26. The molecule has 3 nitrogen and oxygen atoms in total. The summed E-state index contributed by atoms with van der Waals surface area (Å²) >= 11 is 0. The van der Waals surface area contributed by atoms with Gasteiger partial charge in [0, 0.05) is 0 Å². The number of nitrogens with one attached hydrogen (secondary N) is 1. The Morgan fingerprint density at radius 1 is 0.957 bits per heavy atom. The van der Waals surface area contributed by atoms with E-state index in [0.717, 1.165) is 30.4 Å². The number of quaternary nitrogens is 1. The highest BCUT2D eigenvalue weighted by Gasteiger charge is 2.17. The molecule has 1 aromatic rings. The van der Waals surface area contributed by atoms with Crippen LogP contribution < -0.4 is 14.4 Å². The van der Waals surface area contributed by atoms with Crippen molar-refractivity contribution in [2.75, 3.05) is 32.8 Å². The van der Waals surface area contributed by atoms with Crippen LogP contribution in [-0.2, 0) is 0 Å². The molecular weight excluding hydrogens is 286 g/mol. The number of hydrogen-bond donors (Lipinski definition) is 1. The summed E-state index contributed by atoms with van der Waals surface area (Å²) < 4.78 is 11.4. The Bertz CT molecular complexity index is 427. The number of para-hydroxylation sites is 2. The molecule has 0 bridgehead atoms. The molecule has 130 valence electrons. The lowest BCUT2D eigenvalue weighted by atomic mass is 9.99. The summed E-state index contributed by atoms with van der Waals surface area (Å²) in [7, 11) is 0. The van der Waals surface area contributed by atoms with Crippen molar-refractivity contribution >= 4 is 0 Å². The van der Waals surface area contributed by atoms with Gasteiger partial charge in [-0.1, -0.05) is 19.1 Å². The summed E-state index contributed by atoms with van der Waals surface area (Å²) in [6.45, 7) is 10.00. The predicted molar refractivity (Wildman–Crippen MR) is 95.5 cm³/mol. The Morgan fingerprint density at radius 2 is 1.61 bits per heavy atom. The topological polar surface area (TPSA) is 22.9 Å². The van der Waals surface area contributed by atoms with E-state index in [9.17, 15) is 0 Å². The molecule has 0 aromatic heterocycles. The van der Waals surface area contributed by atoms with Crippen molar-refractivity contribution < 1.29 is 14.4 Å². The Balaban J connectivity index is 1.51. The quantitative estimate of drug-likeness (QED) is 0.668. The van der Waals surface area contributed by atoms with E-state index in [-0.39, 0.29) is 0 Å². The maximum Gasteiger partial charge on any atom is 0.161 e. The molecule has 1 fully saturated rings. The lowest BCUT2D eigenvalue weighted by Gasteiger charge is -2.27. The van der Waals surface area contributed by atoms with Gasteiger partial charge in [-0.2, -0.15) is 0 Å². The van der Waals surface area contributed by atoms with Crippen molar-refractivity contribution in [2.45, 2.75) is 52.4 Å². The van der Waals surface area contributed by atoms with Gasteiger partial charge in [-0.25, -0.2) is 0 Å². The lowest BCUT2D eigenvalue weighted by Crippen LogP contribution is -3.13. The molecule has 1 saturated heterocycles. The van der Waals surface area contributed by atoms with Crippen molar-refractivity contribution in [1.82, 2.24) is 0 Å². The molecule has 1 N–H and O–H groups in total. The zero-order valence-corrected chi connectivity index (χ0v) is 15.0. The molecule has 3 heteroatoms. The van der Waals surface area contributed by atoms with Crippen LogP contribution in [0.4, 0.5) is 0 Å². The van der Waals surface area contributed by atoms with Crippen LogP contribution in [-0.4, -0.2) is 32.8 Å². The summed E-state index contributed by atoms with van der Waals surface area (Å²) in [5, 5.41) is 0. The SMILES string of the molecule is CCOc1ccccc1OCCCCCC[NH+]1CCC(C)CC1. The van der Waals surface area contributed by atoms with E-state index in [1.165, 1.54) is 51.7 Å². The third-order valence-electron chi connectivity index (χ3n) is 4.81. The molecule has 2 rings (SSSR count). The Hall–Kier alpha value is -1.22. The molecular formula is C20H34NO2+. The van der Waals surface area contributed by atoms with Gasteiger partial charge in [0.25, 0.3) is 0 Å². The van der Waals surface area contributed by atoms with E-state index in [2.05, 4.69) is 6.92 Å². The van der Waals surface area contributed by atoms with Gasteiger partial charge in [0.05, 0.1) is 32.8 Å². The Morgan fingerprint density at radius 3 is 2.30 bits per heavy atom. The molecule has 0 amide bonds. The lowest BCUT2D eigenvalue weighted by molar-refractivity contribution is -0.906. The van der Waals surface area contributed by atoms with E-state index in [1.54, 1.807) is 0 Å². The van der Waals surface area contributed by atoms with Gasteiger partial charge in [0.2, 0.25) is 0 Å². The molecule has 0 radical (unpaired) electrons. The van der Waals surface area contributed by atoms with Crippen LogP contribution >= 0.6 is 0 Å². The Kier molecular flexibility index (Phi) is 8.30. The summed E-state index contributed by atoms with van der Waals surface area (Å²) in [5.74, 6) is 2.69. The fraction of sp³-hybridized carbons (Fsp3) is 0.700. The van der Waals surface area contributed by atoms with Crippen molar-refractivity contribution in [3.8, 4) is 11.5 Å². The van der Waals surface area contributed by atoms with Crippen LogP contribution in [0.1, 0.15) is 52.4 Å². The molecule has 0 atom stereocenters. The van der Waals surface area contributed by atoms with E-state index in [4.69, 9.17) is 9.47 Å². The van der Waals surface area contributed by atoms with Crippen molar-refractivity contribution in [3.63, 3.8) is 0 Å². The van der Waals surface area contributed by atoms with Crippen molar-refractivity contribution in [2.24, 2.45) is 5.92 Å². The maximum atomic E-state index is 5.87. The summed E-state index contributed by atoms with van der Waals surface area (Å²) in [4.78, 5) is 1.82. The van der Waals surface area contributed by atoms with Gasteiger partial charge in [-0.15, -0.1) is 0 Å². The second-order valence-corrected chi connectivity index (χ2v) is 6.82. The van der Waals surface area contributed by atoms with Crippen LogP contribution in [0.25, 0.3) is 0 Å². The largest absolute Gasteiger partial charge is 0.490 e. The normalized spacial score (nSPS) is 21.1. The highest BCUT2D eigenvalue weighted by molar-refractivity contribution is 5.39. The van der Waals surface area contributed by atoms with Gasteiger partial charge in [-0.3, -0.25) is 0 Å². The van der Waals surface area contributed by atoms with E-state index < -0.39 is 0 Å². The monoisotopic (exact) mass is 320 g/mol. The third-order valence-corrected chi connectivity index (χ3v) is 4.81. The average molecular weight is 320 g/mol. The van der Waals surface area contributed by atoms with Crippen LogP contribution in [0, 0.1) is 5.92 Å². The van der Waals surface area contributed by atoms with Gasteiger partial charge in [0.1, 0.15) is 0 Å². The molecule has 0 saturated carbocycles. The number of rotatable bonds is 10. The molecule has 1 heterocycles. The molecule has 1 aliphatic heterocycles. The first-order chi connectivity index (χ1) is 11.3. The predicted octanol–water partition coefficient (Wildman–Crippen LogP) is 3.34. The Labute approximate surface area is 142 Å². The first-order valence-electron chi connectivity index (χ1n) is 9.47. The number of ether oxygens (including phenoxy) is 2. The van der Waals surface area contributed by atoms with Crippen LogP contribution in [0.15, 0.2) is 24.3 Å². The van der Waals surface area contributed by atoms with Crippen molar-refractivity contribution in [1.29, 1.82) is 0 Å². The molecule has 0 unspecified atom stereocenters. The fourth-order valence-corrected chi connectivity index (χ4v) is 3.28. The first-order valence-corrected chi connectivity index (χ1v) is 9.47. The molecule has 0 spiro atoms. The number of likely N-dealkylation sites (tertiary alicyclic amines) is 1. The van der Waals surface area contributed by atoms with Gasteiger partial charge in [0.15, 0.2) is 11.5 Å². The van der Waals surface area contributed by atoms with Crippen LogP contribution in [0.3, 0.4) is 0 Å². The second kappa shape index (κ2) is 10.5. The molecule has 1 aliphatic rings. The molecule has 0 aliphatic carbocycles. The summed E-state index contributed by atoms with van der Waals surface area (Å²) in [6, 6.07) is 7.95. The number of piperidine rings is 1. The highest BCUT2D eigenvalue weighted by atomic mass is 16.5. The number of unbranched alkanes of at least 4 members (excludes halogenated alkanes) is 3. The molecule has 1 aromatic carbocycles. The maximum absolute atomic E-state index is 5.87. The van der Waals surface area contributed by atoms with E-state index in [1.807, 2.05) is 36.1 Å². The van der Waals surface area contributed by atoms with Gasteiger partial charge < -0.3 is 14.4 Å². The van der Waals surface area contributed by atoms with Gasteiger partial charge in [-0.05, 0) is 63.5 Å². The third kappa shape index (κ3) is 6.82. The zero-order valence-electron chi connectivity index (χ0n) is 15.0. The minimum absolute atomic E-state index is 0.679. The minimum Gasteiger partial charge on any atom is -0.490 e. The average Bonchev–Trinajstić information content (AvgIpc) is 2.57.